The van der Waals surface area contributed by atoms with E-state index < -0.39 is 0 Å². The van der Waals surface area contributed by atoms with Gasteiger partial charge in [0.05, 0.1) is 19.9 Å². The number of aromatic nitrogens is 2. The number of benzene rings is 1. The van der Waals surface area contributed by atoms with Crippen molar-refractivity contribution >= 4 is 11.8 Å². The third kappa shape index (κ3) is 4.28. The molecule has 1 saturated heterocycles. The third-order valence-corrected chi connectivity index (χ3v) is 4.11. The molecular weight excluding hydrogens is 322 g/mol. The number of nitrogen functional groups attached to an aromatic ring is 1. The quantitative estimate of drug-likeness (QED) is 0.799. The van der Waals surface area contributed by atoms with Gasteiger partial charge >= 0.3 is 0 Å². The number of hydrogen-bond acceptors (Lipinski definition) is 8. The predicted molar refractivity (Wildman–Crippen MR) is 95.3 cm³/mol. The lowest BCUT2D eigenvalue weighted by atomic mass is 10.3. The molecule has 0 unspecified atom stereocenters. The van der Waals surface area contributed by atoms with Crippen molar-refractivity contribution in [2.75, 3.05) is 57.1 Å². The van der Waals surface area contributed by atoms with Crippen LogP contribution in [0.2, 0.25) is 0 Å². The molecule has 1 fully saturated rings. The van der Waals surface area contributed by atoms with E-state index in [-0.39, 0.29) is 12.6 Å². The standard InChI is InChI=1S/C17H23N5O3/c1-24-13-3-2-4-14(11-13)25-15-12-19-17(18)20-16(15)22-7-5-21(6-8-22)9-10-23/h2-4,11-12,23H,5-10H2,1H3,(H2,18,19,20). The summed E-state index contributed by atoms with van der Waals surface area (Å²) >= 11 is 0. The van der Waals surface area contributed by atoms with Gasteiger partial charge in [-0.25, -0.2) is 4.98 Å². The second-order valence-electron chi connectivity index (χ2n) is 5.75. The number of anilines is 2. The highest BCUT2D eigenvalue weighted by Crippen LogP contribution is 2.32. The van der Waals surface area contributed by atoms with Crippen LogP contribution < -0.4 is 20.1 Å². The summed E-state index contributed by atoms with van der Waals surface area (Å²) in [5.41, 5.74) is 5.78. The largest absolute Gasteiger partial charge is 0.497 e. The van der Waals surface area contributed by atoms with E-state index in [4.69, 9.17) is 20.3 Å². The van der Waals surface area contributed by atoms with E-state index in [1.807, 2.05) is 18.2 Å². The molecule has 0 spiro atoms. The zero-order valence-corrected chi connectivity index (χ0v) is 14.3. The molecule has 134 valence electrons. The number of rotatable bonds is 6. The molecule has 0 atom stereocenters. The molecule has 0 saturated carbocycles. The topological polar surface area (TPSA) is 97.0 Å². The molecule has 0 amide bonds. The van der Waals surface area contributed by atoms with E-state index in [9.17, 15) is 0 Å². The van der Waals surface area contributed by atoms with Crippen molar-refractivity contribution in [1.82, 2.24) is 14.9 Å². The van der Waals surface area contributed by atoms with Crippen LogP contribution in [0.4, 0.5) is 11.8 Å². The molecule has 0 radical (unpaired) electrons. The second kappa shape index (κ2) is 8.00. The zero-order chi connectivity index (χ0) is 17.6. The molecule has 2 heterocycles. The maximum Gasteiger partial charge on any atom is 0.222 e. The van der Waals surface area contributed by atoms with Gasteiger partial charge in [0.15, 0.2) is 11.6 Å². The van der Waals surface area contributed by atoms with Crippen LogP contribution in [0.1, 0.15) is 0 Å². The molecule has 8 nitrogen and oxygen atoms in total. The highest BCUT2D eigenvalue weighted by Gasteiger charge is 2.21. The van der Waals surface area contributed by atoms with Crippen molar-refractivity contribution in [2.45, 2.75) is 0 Å². The van der Waals surface area contributed by atoms with Gasteiger partial charge < -0.3 is 25.2 Å². The zero-order valence-electron chi connectivity index (χ0n) is 14.3. The average molecular weight is 345 g/mol. The fourth-order valence-electron chi connectivity index (χ4n) is 2.79. The molecule has 0 aliphatic carbocycles. The molecule has 2 aromatic rings. The third-order valence-electron chi connectivity index (χ3n) is 4.11. The normalized spacial score (nSPS) is 15.2. The molecule has 1 aliphatic heterocycles. The summed E-state index contributed by atoms with van der Waals surface area (Å²) in [5.74, 6) is 2.81. The van der Waals surface area contributed by atoms with Gasteiger partial charge in [0.2, 0.25) is 5.95 Å². The summed E-state index contributed by atoms with van der Waals surface area (Å²) in [6.45, 7) is 4.12. The maximum absolute atomic E-state index is 9.07. The Bertz CT molecular complexity index is 704. The van der Waals surface area contributed by atoms with Gasteiger partial charge in [0, 0.05) is 38.8 Å². The summed E-state index contributed by atoms with van der Waals surface area (Å²) in [7, 11) is 1.61. The Hall–Kier alpha value is -2.58. The van der Waals surface area contributed by atoms with E-state index in [1.165, 1.54) is 0 Å². The number of aliphatic hydroxyl groups is 1. The lowest BCUT2D eigenvalue weighted by Gasteiger charge is -2.35. The Morgan fingerprint density at radius 2 is 1.96 bits per heavy atom. The van der Waals surface area contributed by atoms with Crippen LogP contribution in [0.3, 0.4) is 0 Å². The predicted octanol–water partition coefficient (Wildman–Crippen LogP) is 0.974. The Labute approximate surface area is 146 Å². The molecular formula is C17H23N5O3. The summed E-state index contributed by atoms with van der Waals surface area (Å²) in [4.78, 5) is 12.8. The monoisotopic (exact) mass is 345 g/mol. The number of β-amino-alcohol motifs (C(OH)–C–C–N with tert-alkyl or cyclic N) is 1. The summed E-state index contributed by atoms with van der Waals surface area (Å²) in [5, 5.41) is 9.07. The van der Waals surface area contributed by atoms with Crippen LogP contribution in [0.5, 0.6) is 17.2 Å². The van der Waals surface area contributed by atoms with Gasteiger partial charge in [0.25, 0.3) is 0 Å². The molecule has 1 aromatic heterocycles. The first kappa shape index (κ1) is 17.2. The summed E-state index contributed by atoms with van der Waals surface area (Å²) in [6.07, 6.45) is 1.59. The molecule has 0 bridgehead atoms. The summed E-state index contributed by atoms with van der Waals surface area (Å²) in [6, 6.07) is 7.37. The molecule has 1 aromatic carbocycles. The fourth-order valence-corrected chi connectivity index (χ4v) is 2.79. The van der Waals surface area contributed by atoms with Crippen LogP contribution in [0.25, 0.3) is 0 Å². The van der Waals surface area contributed by atoms with Crippen molar-refractivity contribution in [3.8, 4) is 17.2 Å². The number of methoxy groups -OCH3 is 1. The van der Waals surface area contributed by atoms with Gasteiger partial charge in [0.1, 0.15) is 11.5 Å². The first-order valence-corrected chi connectivity index (χ1v) is 8.22. The van der Waals surface area contributed by atoms with Crippen LogP contribution >= 0.6 is 0 Å². The molecule has 8 heteroatoms. The molecule has 3 rings (SSSR count). The van der Waals surface area contributed by atoms with Gasteiger partial charge in [-0.05, 0) is 12.1 Å². The first-order valence-electron chi connectivity index (χ1n) is 8.22. The number of hydrogen-bond donors (Lipinski definition) is 2. The van der Waals surface area contributed by atoms with Crippen LogP contribution in [-0.2, 0) is 0 Å². The Kier molecular flexibility index (Phi) is 5.52. The number of piperazine rings is 1. The van der Waals surface area contributed by atoms with Gasteiger partial charge in [-0.3, -0.25) is 4.90 Å². The van der Waals surface area contributed by atoms with Crippen LogP contribution in [0.15, 0.2) is 30.5 Å². The first-order chi connectivity index (χ1) is 12.2. The van der Waals surface area contributed by atoms with Crippen molar-refractivity contribution in [2.24, 2.45) is 0 Å². The Balaban J connectivity index is 1.79. The smallest absolute Gasteiger partial charge is 0.222 e. The van der Waals surface area contributed by atoms with Gasteiger partial charge in [-0.1, -0.05) is 6.07 Å². The highest BCUT2D eigenvalue weighted by molar-refractivity contribution is 5.55. The minimum absolute atomic E-state index is 0.171. The van der Waals surface area contributed by atoms with E-state index in [0.717, 1.165) is 26.2 Å². The van der Waals surface area contributed by atoms with Gasteiger partial charge in [-0.2, -0.15) is 4.98 Å². The van der Waals surface area contributed by atoms with Crippen LogP contribution in [-0.4, -0.2) is 66.4 Å². The second-order valence-corrected chi connectivity index (χ2v) is 5.75. The fraction of sp³-hybridized carbons (Fsp3) is 0.412. The van der Waals surface area contributed by atoms with E-state index >= 15 is 0 Å². The van der Waals surface area contributed by atoms with Crippen molar-refractivity contribution in [3.63, 3.8) is 0 Å². The Morgan fingerprint density at radius 3 is 2.68 bits per heavy atom. The van der Waals surface area contributed by atoms with E-state index in [0.29, 0.717) is 29.6 Å². The number of nitrogens with zero attached hydrogens (tertiary/aromatic N) is 4. The minimum atomic E-state index is 0.171. The molecule has 25 heavy (non-hydrogen) atoms. The number of ether oxygens (including phenoxy) is 2. The molecule has 1 aliphatic rings. The SMILES string of the molecule is COc1cccc(Oc2cnc(N)nc2N2CCN(CCO)CC2)c1. The average Bonchev–Trinajstić information content (AvgIpc) is 2.64. The Morgan fingerprint density at radius 1 is 1.20 bits per heavy atom. The van der Waals surface area contributed by atoms with E-state index in [1.54, 1.807) is 19.4 Å². The maximum atomic E-state index is 9.07. The molecule has 3 N–H and O–H groups in total. The van der Waals surface area contributed by atoms with Crippen LogP contribution in [0, 0.1) is 0 Å². The van der Waals surface area contributed by atoms with Gasteiger partial charge in [-0.15, -0.1) is 0 Å². The summed E-state index contributed by atoms with van der Waals surface area (Å²) < 4.78 is 11.2. The lowest BCUT2D eigenvalue weighted by molar-refractivity contribution is 0.188. The highest BCUT2D eigenvalue weighted by atomic mass is 16.5. The number of aliphatic hydroxyl groups excluding tert-OH is 1. The van der Waals surface area contributed by atoms with Crippen molar-refractivity contribution < 1.29 is 14.6 Å². The van der Waals surface area contributed by atoms with E-state index in [2.05, 4.69) is 19.8 Å². The lowest BCUT2D eigenvalue weighted by Crippen LogP contribution is -2.47. The van der Waals surface area contributed by atoms with Crippen molar-refractivity contribution in [3.05, 3.63) is 30.5 Å². The number of nitrogens with two attached hydrogens (primary N) is 1. The van der Waals surface area contributed by atoms with Crippen molar-refractivity contribution in [1.29, 1.82) is 0 Å². The minimum Gasteiger partial charge on any atom is -0.497 e.